The highest BCUT2D eigenvalue weighted by atomic mass is 16.4. The van der Waals surface area contributed by atoms with Crippen molar-refractivity contribution in [2.45, 2.75) is 128 Å². The molecule has 34 heavy (non-hydrogen) atoms. The van der Waals surface area contributed by atoms with Gasteiger partial charge in [0, 0.05) is 0 Å². The first kappa shape index (κ1) is 35.4. The molecule has 0 radical (unpaired) electrons. The van der Waals surface area contributed by atoms with Crippen molar-refractivity contribution < 1.29 is 39.9 Å². The van der Waals surface area contributed by atoms with Gasteiger partial charge >= 0.3 is 0 Å². The van der Waals surface area contributed by atoms with E-state index in [9.17, 15) is 9.90 Å². The van der Waals surface area contributed by atoms with Gasteiger partial charge in [-0.3, -0.25) is 0 Å². The second kappa shape index (κ2) is 22.7. The van der Waals surface area contributed by atoms with Crippen LogP contribution in [0.1, 0.15) is 104 Å². The Bertz CT molecular complexity index is 462. The molecule has 0 rings (SSSR count). The minimum atomic E-state index is -2.31. The van der Waals surface area contributed by atoms with Crippen LogP contribution in [0.25, 0.3) is 0 Å². The molecule has 0 spiro atoms. The Balaban J connectivity index is 0. The maximum absolute atomic E-state index is 9.98. The molecule has 0 aromatic carbocycles. The van der Waals surface area contributed by atoms with Crippen molar-refractivity contribution in [2.75, 3.05) is 33.8 Å². The van der Waals surface area contributed by atoms with Gasteiger partial charge in [-0.2, -0.15) is 0 Å². The maximum atomic E-state index is 9.98. The molecule has 4 atom stereocenters. The number of quaternary nitrogens is 1. The predicted octanol–water partition coefficient (Wildman–Crippen LogP) is 1.74. The van der Waals surface area contributed by atoms with E-state index in [0.29, 0.717) is 0 Å². The fraction of sp³-hybridized carbons (Fsp3) is 0.962. The van der Waals surface area contributed by atoms with Gasteiger partial charge in [0.15, 0.2) is 0 Å². The first-order valence-electron chi connectivity index (χ1n) is 13.4. The molecule has 206 valence electrons. The number of rotatable bonds is 21. The van der Waals surface area contributed by atoms with E-state index in [-0.39, 0.29) is 0 Å². The second-order valence-electron chi connectivity index (χ2n) is 10.1. The number of unbranched alkanes of at least 4 members (excludes halogenated alkanes) is 12. The van der Waals surface area contributed by atoms with Crippen LogP contribution in [0.15, 0.2) is 0 Å². The minimum absolute atomic E-state index is 0.863. The number of aliphatic hydroxyl groups is 5. The van der Waals surface area contributed by atoms with Gasteiger partial charge < -0.3 is 39.9 Å². The average Bonchev–Trinajstić information content (AvgIpc) is 2.81. The van der Waals surface area contributed by atoms with Crippen LogP contribution < -0.4 is 5.11 Å². The monoisotopic (exact) mass is 493 g/mol. The molecule has 5 N–H and O–H groups in total. The number of carbonyl (C=O) groups is 1. The van der Waals surface area contributed by atoms with Crippen LogP contribution in [0, 0.1) is 0 Å². The number of carboxylic acid groups (broad SMARTS) is 1. The summed E-state index contributed by atoms with van der Waals surface area (Å²) in [6.07, 6.45) is 12.0. The normalized spacial score (nSPS) is 15.2. The number of carboxylic acids is 1. The van der Waals surface area contributed by atoms with E-state index in [4.69, 9.17) is 25.5 Å². The summed E-state index contributed by atoms with van der Waals surface area (Å²) in [5.74, 6) is -1.98. The molecule has 0 saturated carbocycles. The van der Waals surface area contributed by atoms with Crippen LogP contribution in [0.5, 0.6) is 0 Å². The quantitative estimate of drug-likeness (QED) is 0.121. The van der Waals surface area contributed by atoms with E-state index < -0.39 is 37.0 Å². The maximum Gasteiger partial charge on any atom is 0.122 e. The molecule has 0 fully saturated rings. The molecule has 0 amide bonds. The average molecular weight is 494 g/mol. The summed E-state index contributed by atoms with van der Waals surface area (Å²) in [5.41, 5.74) is 0. The van der Waals surface area contributed by atoms with Gasteiger partial charge in [0.2, 0.25) is 0 Å². The summed E-state index contributed by atoms with van der Waals surface area (Å²) >= 11 is 0. The van der Waals surface area contributed by atoms with Gasteiger partial charge in [-0.15, -0.1) is 0 Å². The third-order valence-electron chi connectivity index (χ3n) is 6.23. The lowest BCUT2D eigenvalue weighted by Gasteiger charge is -2.30. The molecule has 0 aliphatic rings. The van der Waals surface area contributed by atoms with Crippen molar-refractivity contribution in [3.05, 3.63) is 0 Å². The summed E-state index contributed by atoms with van der Waals surface area (Å²) in [4.78, 5) is 9.98. The van der Waals surface area contributed by atoms with Crippen molar-refractivity contribution in [3.63, 3.8) is 0 Å². The van der Waals surface area contributed by atoms with Gasteiger partial charge in [0.05, 0.1) is 39.8 Å². The molecule has 0 aliphatic carbocycles. The first-order valence-corrected chi connectivity index (χ1v) is 13.4. The highest BCUT2D eigenvalue weighted by Crippen LogP contribution is 2.12. The smallest absolute Gasteiger partial charge is 0.122 e. The lowest BCUT2D eigenvalue weighted by molar-refractivity contribution is -0.890. The van der Waals surface area contributed by atoms with Crippen LogP contribution in [-0.2, 0) is 4.79 Å². The van der Waals surface area contributed by atoms with E-state index in [0.717, 1.165) is 0 Å². The standard InChI is InChI=1S/C20H44N.C6H12O7/c1-5-7-9-11-13-14-16-18-20-21(3,4)19-17-15-12-10-8-6-2;7-1-2(8)3(9)4(10)5(11)6(12)13/h5-20H2,1-4H3;2-5,7-11H,1H2,(H,12,13)/q+1;/p-1/t;2-,3-,4+,5-/m.1/s1. The Morgan fingerprint density at radius 1 is 0.676 bits per heavy atom. The Kier molecular flexibility index (Phi) is 23.6. The van der Waals surface area contributed by atoms with E-state index in [1.54, 1.807) is 0 Å². The van der Waals surface area contributed by atoms with Crippen molar-refractivity contribution in [1.29, 1.82) is 0 Å². The molecule has 0 aromatic rings. The van der Waals surface area contributed by atoms with Crippen LogP contribution in [-0.4, -0.2) is 94.2 Å². The number of hydrogen-bond donors (Lipinski definition) is 5. The number of hydrogen-bond acceptors (Lipinski definition) is 7. The fourth-order valence-electron chi connectivity index (χ4n) is 3.77. The van der Waals surface area contributed by atoms with Crippen LogP contribution in [0.2, 0.25) is 0 Å². The predicted molar refractivity (Wildman–Crippen MR) is 134 cm³/mol. The molecule has 0 aromatic heterocycles. The molecule has 8 nitrogen and oxygen atoms in total. The van der Waals surface area contributed by atoms with Gasteiger partial charge in [0.1, 0.15) is 24.4 Å². The fourth-order valence-corrected chi connectivity index (χ4v) is 3.77. The zero-order valence-corrected chi connectivity index (χ0v) is 22.3. The molecule has 0 unspecified atom stereocenters. The summed E-state index contributed by atoms with van der Waals surface area (Å²) in [6.45, 7) is 6.48. The van der Waals surface area contributed by atoms with Crippen LogP contribution in [0.3, 0.4) is 0 Å². The van der Waals surface area contributed by atoms with Crippen molar-refractivity contribution in [3.8, 4) is 0 Å². The Morgan fingerprint density at radius 3 is 1.35 bits per heavy atom. The highest BCUT2D eigenvalue weighted by molar-refractivity contribution is 5.70. The summed E-state index contributed by atoms with van der Waals surface area (Å²) < 4.78 is 1.24. The van der Waals surface area contributed by atoms with Gasteiger partial charge in [-0.25, -0.2) is 0 Å². The number of nitrogens with zero attached hydrogens (tertiary/aromatic N) is 1. The second-order valence-corrected chi connectivity index (χ2v) is 10.1. The van der Waals surface area contributed by atoms with Crippen LogP contribution >= 0.6 is 0 Å². The molecule has 8 heteroatoms. The number of aliphatic hydroxyl groups excluding tert-OH is 5. The molecular weight excluding hydrogens is 438 g/mol. The molecule has 0 aliphatic heterocycles. The Hall–Kier alpha value is -0.770. The van der Waals surface area contributed by atoms with Crippen molar-refractivity contribution >= 4 is 5.97 Å². The third-order valence-corrected chi connectivity index (χ3v) is 6.23. The largest absolute Gasteiger partial charge is 0.547 e. The lowest BCUT2D eigenvalue weighted by atomic mass is 10.0. The van der Waals surface area contributed by atoms with Gasteiger partial charge in [-0.1, -0.05) is 78.1 Å². The van der Waals surface area contributed by atoms with Crippen molar-refractivity contribution in [2.24, 2.45) is 0 Å². The van der Waals surface area contributed by atoms with E-state index >= 15 is 0 Å². The molecule has 0 bridgehead atoms. The zero-order valence-electron chi connectivity index (χ0n) is 22.3. The van der Waals surface area contributed by atoms with Crippen molar-refractivity contribution in [1.82, 2.24) is 0 Å². The first-order chi connectivity index (χ1) is 16.0. The summed E-state index contributed by atoms with van der Waals surface area (Å²) in [7, 11) is 4.85. The lowest BCUT2D eigenvalue weighted by Crippen LogP contribution is -2.52. The van der Waals surface area contributed by atoms with E-state index in [1.807, 2.05) is 0 Å². The zero-order chi connectivity index (χ0) is 26.4. The molecular formula is C26H55NO7. The summed E-state index contributed by atoms with van der Waals surface area (Å²) in [5, 5.41) is 53.4. The van der Waals surface area contributed by atoms with Crippen LogP contribution in [0.4, 0.5) is 0 Å². The third kappa shape index (κ3) is 20.6. The minimum Gasteiger partial charge on any atom is -0.547 e. The number of aliphatic carboxylic acids is 1. The summed E-state index contributed by atoms with van der Waals surface area (Å²) in [6, 6.07) is 0. The van der Waals surface area contributed by atoms with Gasteiger partial charge in [-0.05, 0) is 25.7 Å². The van der Waals surface area contributed by atoms with E-state index in [1.165, 1.54) is 107 Å². The highest BCUT2D eigenvalue weighted by Gasteiger charge is 2.30. The molecule has 0 heterocycles. The Morgan fingerprint density at radius 2 is 1.03 bits per heavy atom. The van der Waals surface area contributed by atoms with Gasteiger partial charge in [0.25, 0.3) is 0 Å². The molecule has 0 saturated heterocycles. The Labute approximate surface area is 208 Å². The SMILES string of the molecule is CCCCCCCCCC[N+](C)(C)CCCCCCCC.O=C([O-])[C@H](O)[C@@H](O)[C@H](O)[C@H](O)CO. The van der Waals surface area contributed by atoms with E-state index in [2.05, 4.69) is 27.9 Å². The number of carbonyl (C=O) groups excluding carboxylic acids is 1. The topological polar surface area (TPSA) is 141 Å².